The third-order valence-electron chi connectivity index (χ3n) is 4.73. The number of aromatic nitrogens is 4. The van der Waals surface area contributed by atoms with Crippen molar-refractivity contribution in [1.29, 1.82) is 0 Å². The van der Waals surface area contributed by atoms with Crippen LogP contribution < -0.4 is 9.47 Å². The highest BCUT2D eigenvalue weighted by molar-refractivity contribution is 6.21. The Bertz CT molecular complexity index is 1240. The van der Waals surface area contributed by atoms with Gasteiger partial charge in [-0.15, -0.1) is 0 Å². The number of hydrogen-bond donors (Lipinski definition) is 1. The van der Waals surface area contributed by atoms with Gasteiger partial charge in [0.2, 0.25) is 0 Å². The first-order valence-electron chi connectivity index (χ1n) is 8.53. The summed E-state index contributed by atoms with van der Waals surface area (Å²) >= 11 is 0. The van der Waals surface area contributed by atoms with E-state index in [0.717, 1.165) is 49.9 Å². The van der Waals surface area contributed by atoms with Gasteiger partial charge in [-0.25, -0.2) is 4.98 Å². The lowest BCUT2D eigenvalue weighted by atomic mass is 10.1. The average Bonchev–Trinajstić information content (AvgIpc) is 3.19. The first kappa shape index (κ1) is 15.6. The van der Waals surface area contributed by atoms with Crippen LogP contribution in [0.5, 0.6) is 11.5 Å². The van der Waals surface area contributed by atoms with Crippen LogP contribution in [0, 0.1) is 0 Å². The molecule has 6 heteroatoms. The fourth-order valence-electron chi connectivity index (χ4n) is 3.47. The van der Waals surface area contributed by atoms with E-state index < -0.39 is 0 Å². The number of H-pyrrole nitrogens is 1. The van der Waals surface area contributed by atoms with Crippen LogP contribution in [0.25, 0.3) is 44.2 Å². The molecule has 132 valence electrons. The maximum absolute atomic E-state index is 5.53. The summed E-state index contributed by atoms with van der Waals surface area (Å²) in [5.41, 5.74) is 4.32. The Kier molecular flexibility index (Phi) is 3.43. The third-order valence-corrected chi connectivity index (χ3v) is 4.73. The topological polar surface area (TPSA) is 72.9 Å². The largest absolute Gasteiger partial charge is 0.497 e. The van der Waals surface area contributed by atoms with Crippen molar-refractivity contribution in [2.24, 2.45) is 0 Å². The minimum Gasteiger partial charge on any atom is -0.497 e. The first-order chi connectivity index (χ1) is 13.3. The second kappa shape index (κ2) is 5.95. The van der Waals surface area contributed by atoms with Crippen molar-refractivity contribution in [1.82, 2.24) is 19.9 Å². The van der Waals surface area contributed by atoms with Gasteiger partial charge in [0.1, 0.15) is 17.3 Å². The van der Waals surface area contributed by atoms with Gasteiger partial charge in [0.05, 0.1) is 41.8 Å². The Morgan fingerprint density at radius 3 is 2.30 bits per heavy atom. The first-order valence-corrected chi connectivity index (χ1v) is 8.53. The van der Waals surface area contributed by atoms with E-state index in [-0.39, 0.29) is 0 Å². The van der Waals surface area contributed by atoms with Crippen LogP contribution in [0.2, 0.25) is 0 Å². The Hall–Kier alpha value is -3.67. The zero-order valence-electron chi connectivity index (χ0n) is 14.9. The molecule has 0 bridgehead atoms. The van der Waals surface area contributed by atoms with Gasteiger partial charge in [-0.05, 0) is 42.5 Å². The SMILES string of the molecule is COc1ccc(OC)c(-c2nc3c4cccnc4c4ncccc4c3[nH]2)c1. The molecule has 1 N–H and O–H groups in total. The zero-order valence-corrected chi connectivity index (χ0v) is 14.9. The fraction of sp³-hybridized carbons (Fsp3) is 0.0952. The minimum absolute atomic E-state index is 0.710. The van der Waals surface area contributed by atoms with Crippen LogP contribution in [-0.4, -0.2) is 34.2 Å². The Morgan fingerprint density at radius 1 is 0.815 bits per heavy atom. The van der Waals surface area contributed by atoms with Crippen molar-refractivity contribution in [2.75, 3.05) is 14.2 Å². The van der Waals surface area contributed by atoms with E-state index in [2.05, 4.69) is 15.0 Å². The van der Waals surface area contributed by atoms with Crippen molar-refractivity contribution in [2.45, 2.75) is 0 Å². The smallest absolute Gasteiger partial charge is 0.142 e. The van der Waals surface area contributed by atoms with E-state index in [1.54, 1.807) is 26.6 Å². The molecule has 0 fully saturated rings. The van der Waals surface area contributed by atoms with Crippen LogP contribution in [-0.2, 0) is 0 Å². The summed E-state index contributed by atoms with van der Waals surface area (Å²) in [5.74, 6) is 2.17. The predicted molar refractivity (Wildman–Crippen MR) is 105 cm³/mol. The Balaban J connectivity index is 1.90. The molecule has 0 aliphatic rings. The Morgan fingerprint density at radius 2 is 1.56 bits per heavy atom. The number of rotatable bonds is 3. The lowest BCUT2D eigenvalue weighted by molar-refractivity contribution is 0.404. The average molecular weight is 356 g/mol. The number of hydrogen-bond acceptors (Lipinski definition) is 5. The number of nitrogens with one attached hydrogen (secondary N) is 1. The van der Waals surface area contributed by atoms with Gasteiger partial charge in [0.25, 0.3) is 0 Å². The lowest BCUT2D eigenvalue weighted by Gasteiger charge is -2.08. The minimum atomic E-state index is 0.710. The summed E-state index contributed by atoms with van der Waals surface area (Å²) in [6.07, 6.45) is 3.56. The van der Waals surface area contributed by atoms with Crippen LogP contribution >= 0.6 is 0 Å². The quantitative estimate of drug-likeness (QED) is 0.487. The molecule has 3 aromatic heterocycles. The van der Waals surface area contributed by atoms with Crippen molar-refractivity contribution in [3.63, 3.8) is 0 Å². The van der Waals surface area contributed by atoms with Crippen LogP contribution in [0.15, 0.2) is 54.9 Å². The van der Waals surface area contributed by atoms with Gasteiger partial charge in [-0.2, -0.15) is 0 Å². The highest BCUT2D eigenvalue weighted by Crippen LogP contribution is 2.36. The molecule has 0 spiro atoms. The number of nitrogens with zero attached hydrogens (tertiary/aromatic N) is 3. The molecule has 6 nitrogen and oxygen atoms in total. The molecule has 0 saturated carbocycles. The van der Waals surface area contributed by atoms with Gasteiger partial charge < -0.3 is 14.5 Å². The molecule has 0 amide bonds. The van der Waals surface area contributed by atoms with Crippen molar-refractivity contribution >= 4 is 32.8 Å². The second-order valence-electron chi connectivity index (χ2n) is 6.17. The van der Waals surface area contributed by atoms with E-state index in [0.29, 0.717) is 5.82 Å². The number of pyridine rings is 2. The molecular formula is C21H16N4O2. The molecule has 5 rings (SSSR count). The number of methoxy groups -OCH3 is 2. The van der Waals surface area contributed by atoms with Crippen molar-refractivity contribution in [3.05, 3.63) is 54.9 Å². The zero-order chi connectivity index (χ0) is 18.4. The molecule has 3 heterocycles. The van der Waals surface area contributed by atoms with Crippen molar-refractivity contribution in [3.8, 4) is 22.9 Å². The van der Waals surface area contributed by atoms with E-state index in [4.69, 9.17) is 14.5 Å². The molecule has 0 unspecified atom stereocenters. The molecule has 5 aromatic rings. The van der Waals surface area contributed by atoms with Gasteiger partial charge in [-0.3, -0.25) is 9.97 Å². The van der Waals surface area contributed by atoms with Gasteiger partial charge in [-0.1, -0.05) is 0 Å². The van der Waals surface area contributed by atoms with Gasteiger partial charge >= 0.3 is 0 Å². The van der Waals surface area contributed by atoms with E-state index >= 15 is 0 Å². The lowest BCUT2D eigenvalue weighted by Crippen LogP contribution is -1.91. The number of fused-ring (bicyclic) bond motifs is 6. The second-order valence-corrected chi connectivity index (χ2v) is 6.17. The summed E-state index contributed by atoms with van der Waals surface area (Å²) < 4.78 is 10.9. The summed E-state index contributed by atoms with van der Waals surface area (Å²) in [4.78, 5) is 17.4. The maximum atomic E-state index is 5.53. The summed E-state index contributed by atoms with van der Waals surface area (Å²) in [6, 6.07) is 13.5. The maximum Gasteiger partial charge on any atom is 0.142 e. The number of imidazole rings is 1. The molecule has 27 heavy (non-hydrogen) atoms. The number of benzene rings is 2. The van der Waals surface area contributed by atoms with Gasteiger partial charge in [0, 0.05) is 23.2 Å². The molecule has 0 saturated heterocycles. The predicted octanol–water partition coefficient (Wildman–Crippen LogP) is 4.34. The van der Waals surface area contributed by atoms with Crippen LogP contribution in [0.1, 0.15) is 0 Å². The fourth-order valence-corrected chi connectivity index (χ4v) is 3.47. The standard InChI is InChI=1S/C21H16N4O2/c1-26-12-7-8-16(27-2)15(11-12)21-24-19-13-5-3-9-22-17(13)18-14(20(19)25-21)6-4-10-23-18/h3-11H,1-2H3,(H,24,25). The molecule has 0 aliphatic carbocycles. The van der Waals surface area contributed by atoms with E-state index in [9.17, 15) is 0 Å². The summed E-state index contributed by atoms with van der Waals surface area (Å²) in [5, 5.41) is 1.95. The molecule has 0 radical (unpaired) electrons. The molecular weight excluding hydrogens is 340 g/mol. The number of ether oxygens (including phenoxy) is 2. The van der Waals surface area contributed by atoms with Crippen molar-refractivity contribution < 1.29 is 9.47 Å². The molecule has 0 atom stereocenters. The third kappa shape index (κ3) is 2.30. The molecule has 0 aliphatic heterocycles. The highest BCUT2D eigenvalue weighted by atomic mass is 16.5. The number of aromatic amines is 1. The monoisotopic (exact) mass is 356 g/mol. The summed E-state index contributed by atoms with van der Waals surface area (Å²) in [6.45, 7) is 0. The Labute approximate surface area is 154 Å². The van der Waals surface area contributed by atoms with Gasteiger partial charge in [0.15, 0.2) is 0 Å². The van der Waals surface area contributed by atoms with Crippen LogP contribution in [0.4, 0.5) is 0 Å². The van der Waals surface area contributed by atoms with Crippen LogP contribution in [0.3, 0.4) is 0 Å². The van der Waals surface area contributed by atoms with E-state index in [1.165, 1.54) is 0 Å². The highest BCUT2D eigenvalue weighted by Gasteiger charge is 2.17. The normalized spacial score (nSPS) is 11.3. The molecule has 2 aromatic carbocycles. The summed E-state index contributed by atoms with van der Waals surface area (Å²) in [7, 11) is 3.29. The van der Waals surface area contributed by atoms with E-state index in [1.807, 2.05) is 42.5 Å².